The number of carbonyl (C=O) groups is 2. The number of nitrogens with one attached hydrogen (secondary N) is 2. The fraction of sp³-hybridized carbons (Fsp3) is 0.294. The third kappa shape index (κ3) is 4.60. The molecule has 10 heteroatoms. The summed E-state index contributed by atoms with van der Waals surface area (Å²) in [4.78, 5) is 49.2. The minimum atomic E-state index is -1.21. The monoisotopic (exact) mass is 391 g/mol. The lowest BCUT2D eigenvalue weighted by atomic mass is 10.2. The number of rotatable bonds is 6. The molecule has 1 fully saturated rings. The first-order valence-corrected chi connectivity index (χ1v) is 9.05. The highest BCUT2D eigenvalue weighted by atomic mass is 32.1. The fourth-order valence-corrected chi connectivity index (χ4v) is 3.50. The number of aromatic nitrogens is 2. The Hall–Kier alpha value is -2.98. The van der Waals surface area contributed by atoms with Crippen molar-refractivity contribution >= 4 is 23.2 Å². The van der Waals surface area contributed by atoms with Crippen molar-refractivity contribution in [1.82, 2.24) is 14.9 Å². The lowest BCUT2D eigenvalue weighted by Gasteiger charge is -2.16. The number of hydrogen-bond acceptors (Lipinski definition) is 6. The molecule has 1 aliphatic rings. The number of amides is 1. The Morgan fingerprint density at radius 3 is 2.89 bits per heavy atom. The van der Waals surface area contributed by atoms with E-state index in [1.807, 2.05) is 11.4 Å². The summed E-state index contributed by atoms with van der Waals surface area (Å²) in [7, 11) is 0. The van der Waals surface area contributed by atoms with Gasteiger partial charge >= 0.3 is 11.7 Å². The molecule has 1 saturated heterocycles. The van der Waals surface area contributed by atoms with Crippen LogP contribution in [0.3, 0.4) is 0 Å². The van der Waals surface area contributed by atoms with Gasteiger partial charge in [0.2, 0.25) is 5.91 Å². The van der Waals surface area contributed by atoms with E-state index in [9.17, 15) is 19.2 Å². The van der Waals surface area contributed by atoms with E-state index in [-0.39, 0.29) is 12.6 Å². The molecule has 0 bridgehead atoms. The Labute approximate surface area is 156 Å². The summed E-state index contributed by atoms with van der Waals surface area (Å²) in [6, 6.07) is 3.61. The Morgan fingerprint density at radius 2 is 2.19 bits per heavy atom. The van der Waals surface area contributed by atoms with E-state index in [2.05, 4.69) is 10.3 Å². The number of aliphatic carboxylic acids is 1. The highest BCUT2D eigenvalue weighted by molar-refractivity contribution is 7.13. The molecule has 3 rings (SSSR count). The zero-order chi connectivity index (χ0) is 19.4. The molecule has 9 nitrogen and oxygen atoms in total. The van der Waals surface area contributed by atoms with Crippen LogP contribution in [0, 0.1) is 0 Å². The highest BCUT2D eigenvalue weighted by Gasteiger charge is 2.28. The third-order valence-corrected chi connectivity index (χ3v) is 4.93. The number of thiophene rings is 1. The first-order valence-electron chi connectivity index (χ1n) is 8.17. The number of nitrogens with zero attached hydrogens (tertiary/aromatic N) is 1. The van der Waals surface area contributed by atoms with Gasteiger partial charge in [-0.15, -0.1) is 11.3 Å². The molecule has 1 amide bonds. The highest BCUT2D eigenvalue weighted by Crippen LogP contribution is 2.28. The summed E-state index contributed by atoms with van der Waals surface area (Å²) in [6.07, 6.45) is 3.45. The number of ether oxygens (including phenoxy) is 1. The van der Waals surface area contributed by atoms with E-state index >= 15 is 0 Å². The second-order valence-electron chi connectivity index (χ2n) is 5.89. The predicted molar refractivity (Wildman–Crippen MR) is 97.6 cm³/mol. The van der Waals surface area contributed by atoms with Gasteiger partial charge in [-0.1, -0.05) is 6.07 Å². The van der Waals surface area contributed by atoms with Crippen LogP contribution in [0.15, 0.2) is 45.5 Å². The van der Waals surface area contributed by atoms with E-state index in [1.165, 1.54) is 22.1 Å². The summed E-state index contributed by atoms with van der Waals surface area (Å²) >= 11 is 1.39. The number of carboxylic acids is 1. The SMILES string of the molecule is O=C(O)/C=C/C(=O)NC[C@@H]1CC[C@H](n2cc(-c3cccs3)c(=O)[nH]c2=O)O1. The van der Waals surface area contributed by atoms with Crippen molar-refractivity contribution < 1.29 is 19.4 Å². The number of H-pyrrole nitrogens is 1. The Kier molecular flexibility index (Phi) is 5.67. The number of carbonyl (C=O) groups excluding carboxylic acids is 1. The van der Waals surface area contributed by atoms with Crippen LogP contribution < -0.4 is 16.6 Å². The second kappa shape index (κ2) is 8.14. The summed E-state index contributed by atoms with van der Waals surface area (Å²) in [5.74, 6) is -1.74. The average Bonchev–Trinajstić information content (AvgIpc) is 3.30. The zero-order valence-corrected chi connectivity index (χ0v) is 14.9. The van der Waals surface area contributed by atoms with E-state index in [4.69, 9.17) is 9.84 Å². The molecule has 3 N–H and O–H groups in total. The minimum Gasteiger partial charge on any atom is -0.478 e. The maximum absolute atomic E-state index is 12.2. The fourth-order valence-electron chi connectivity index (χ4n) is 2.77. The number of hydrogen-bond donors (Lipinski definition) is 3. The molecule has 1 aliphatic heterocycles. The zero-order valence-electron chi connectivity index (χ0n) is 14.1. The average molecular weight is 391 g/mol. The van der Waals surface area contributed by atoms with Crippen LogP contribution in [0.2, 0.25) is 0 Å². The van der Waals surface area contributed by atoms with Crippen LogP contribution >= 0.6 is 11.3 Å². The molecule has 0 saturated carbocycles. The molecule has 0 aliphatic carbocycles. The number of carboxylic acid groups (broad SMARTS) is 1. The minimum absolute atomic E-state index is 0.190. The Morgan fingerprint density at radius 1 is 1.37 bits per heavy atom. The van der Waals surface area contributed by atoms with E-state index in [1.54, 1.807) is 6.07 Å². The lowest BCUT2D eigenvalue weighted by molar-refractivity contribution is -0.131. The normalized spacial score (nSPS) is 19.4. The van der Waals surface area contributed by atoms with Crippen LogP contribution in [-0.2, 0) is 14.3 Å². The number of aromatic amines is 1. The van der Waals surface area contributed by atoms with E-state index in [0.717, 1.165) is 17.0 Å². The van der Waals surface area contributed by atoms with Gasteiger partial charge in [0.15, 0.2) is 0 Å². The summed E-state index contributed by atoms with van der Waals surface area (Å²) in [5, 5.41) is 12.9. The van der Waals surface area contributed by atoms with Crippen LogP contribution in [0.5, 0.6) is 0 Å². The van der Waals surface area contributed by atoms with Gasteiger partial charge in [-0.2, -0.15) is 0 Å². The predicted octanol–water partition coefficient (Wildman–Crippen LogP) is 0.700. The quantitative estimate of drug-likeness (QED) is 0.622. The van der Waals surface area contributed by atoms with Gasteiger partial charge in [0.1, 0.15) is 6.23 Å². The molecule has 0 radical (unpaired) electrons. The van der Waals surface area contributed by atoms with Crippen molar-refractivity contribution in [3.63, 3.8) is 0 Å². The second-order valence-corrected chi connectivity index (χ2v) is 6.84. The van der Waals surface area contributed by atoms with Crippen LogP contribution in [0.25, 0.3) is 10.4 Å². The molecule has 142 valence electrons. The van der Waals surface area contributed by atoms with Crippen molar-refractivity contribution in [3.05, 3.63) is 56.7 Å². The molecular weight excluding hydrogens is 374 g/mol. The standard InChI is InChI=1S/C17H17N3O6S/c21-13(4-6-15(22)23)18-8-10-3-5-14(26-10)20-9-11(12-2-1-7-27-12)16(24)19-17(20)25/h1-2,4,6-7,9-10,14H,3,5,8H2,(H,18,21)(H,22,23)(H,19,24,25)/b6-4+/t10-,14+/m0/s1. The van der Waals surface area contributed by atoms with E-state index < -0.39 is 29.4 Å². The van der Waals surface area contributed by atoms with Gasteiger partial charge in [-0.3, -0.25) is 19.1 Å². The molecule has 2 aromatic heterocycles. The molecule has 2 atom stereocenters. The maximum atomic E-state index is 12.2. The first-order chi connectivity index (χ1) is 12.9. The van der Waals surface area contributed by atoms with Gasteiger partial charge in [0, 0.05) is 29.8 Å². The molecular formula is C17H17N3O6S. The van der Waals surface area contributed by atoms with Gasteiger partial charge in [-0.05, 0) is 24.3 Å². The van der Waals surface area contributed by atoms with Gasteiger partial charge in [0.05, 0.1) is 11.7 Å². The molecule has 0 unspecified atom stereocenters. The smallest absolute Gasteiger partial charge is 0.330 e. The largest absolute Gasteiger partial charge is 0.478 e. The van der Waals surface area contributed by atoms with E-state index in [0.29, 0.717) is 18.4 Å². The van der Waals surface area contributed by atoms with Gasteiger partial charge < -0.3 is 15.2 Å². The summed E-state index contributed by atoms with van der Waals surface area (Å²) in [5.41, 5.74) is -0.617. The van der Waals surface area contributed by atoms with Crippen molar-refractivity contribution in [2.24, 2.45) is 0 Å². The van der Waals surface area contributed by atoms with Crippen molar-refractivity contribution in [1.29, 1.82) is 0 Å². The molecule has 0 spiro atoms. The molecule has 27 heavy (non-hydrogen) atoms. The summed E-state index contributed by atoms with van der Waals surface area (Å²) in [6.45, 7) is 0.190. The third-order valence-electron chi connectivity index (χ3n) is 4.03. The van der Waals surface area contributed by atoms with Crippen molar-refractivity contribution in [2.75, 3.05) is 6.54 Å². The molecule has 2 aromatic rings. The van der Waals surface area contributed by atoms with Crippen LogP contribution in [-0.4, -0.2) is 39.2 Å². The summed E-state index contributed by atoms with van der Waals surface area (Å²) < 4.78 is 7.16. The first kappa shape index (κ1) is 18.8. The topological polar surface area (TPSA) is 130 Å². The maximum Gasteiger partial charge on any atom is 0.330 e. The van der Waals surface area contributed by atoms with Crippen LogP contribution in [0.1, 0.15) is 19.1 Å². The Balaban J connectivity index is 1.68. The van der Waals surface area contributed by atoms with Gasteiger partial charge in [-0.25, -0.2) is 9.59 Å². The Bertz CT molecular complexity index is 975. The van der Waals surface area contributed by atoms with Crippen molar-refractivity contribution in [3.8, 4) is 10.4 Å². The van der Waals surface area contributed by atoms with Crippen molar-refractivity contribution in [2.45, 2.75) is 25.2 Å². The molecule has 3 heterocycles. The lowest BCUT2D eigenvalue weighted by Crippen LogP contribution is -2.34. The van der Waals surface area contributed by atoms with Crippen LogP contribution in [0.4, 0.5) is 0 Å². The van der Waals surface area contributed by atoms with Gasteiger partial charge in [0.25, 0.3) is 5.56 Å². The molecule has 0 aromatic carbocycles.